The Kier molecular flexibility index (Phi) is 39.5. The molecular formula is C51H94N2O6. The van der Waals surface area contributed by atoms with Crippen molar-refractivity contribution in [3.63, 3.8) is 0 Å². The topological polar surface area (TPSA) is 106 Å². The van der Waals surface area contributed by atoms with Crippen LogP contribution >= 0.6 is 0 Å². The van der Waals surface area contributed by atoms with Gasteiger partial charge in [-0.25, -0.2) is 4.79 Å². The van der Waals surface area contributed by atoms with E-state index in [-0.39, 0.29) is 37.2 Å². The number of aliphatic hydroxyl groups excluding tert-OH is 1. The van der Waals surface area contributed by atoms with Gasteiger partial charge in [-0.05, 0) is 31.2 Å². The molecule has 0 aliphatic heterocycles. The van der Waals surface area contributed by atoms with Crippen molar-refractivity contribution < 1.29 is 28.9 Å². The first-order chi connectivity index (χ1) is 29.0. The van der Waals surface area contributed by atoms with E-state index in [0.29, 0.717) is 39.2 Å². The second kappa shape index (κ2) is 42.5. The lowest BCUT2D eigenvalue weighted by molar-refractivity contribution is -0.122. The Morgan fingerprint density at radius 1 is 0.576 bits per heavy atom. The van der Waals surface area contributed by atoms with Crippen molar-refractivity contribution in [1.82, 2.24) is 10.6 Å². The van der Waals surface area contributed by atoms with Crippen molar-refractivity contribution in [3.05, 3.63) is 35.9 Å². The molecule has 0 aromatic heterocycles. The average molecular weight is 831 g/mol. The Balaban J connectivity index is 2.25. The molecule has 0 heterocycles. The number of aliphatic hydroxyl groups is 1. The molecule has 1 aromatic rings. The van der Waals surface area contributed by atoms with Gasteiger partial charge in [-0.3, -0.25) is 4.79 Å². The van der Waals surface area contributed by atoms with Gasteiger partial charge in [0, 0.05) is 32.1 Å². The van der Waals surface area contributed by atoms with Crippen LogP contribution in [0.5, 0.6) is 0 Å². The molecule has 0 bridgehead atoms. The zero-order valence-corrected chi connectivity index (χ0v) is 38.8. The maximum absolute atomic E-state index is 12.6. The summed E-state index contributed by atoms with van der Waals surface area (Å²) < 4.78 is 17.8. The van der Waals surface area contributed by atoms with E-state index in [1.165, 1.54) is 161 Å². The molecule has 3 N–H and O–H groups in total. The van der Waals surface area contributed by atoms with Crippen LogP contribution in [0, 0.1) is 0 Å². The third kappa shape index (κ3) is 35.2. The van der Waals surface area contributed by atoms with Gasteiger partial charge in [0.05, 0.1) is 19.3 Å². The van der Waals surface area contributed by atoms with Crippen molar-refractivity contribution >= 4 is 12.0 Å². The van der Waals surface area contributed by atoms with Crippen molar-refractivity contribution in [2.75, 3.05) is 39.6 Å². The normalized spacial score (nSPS) is 12.9. The van der Waals surface area contributed by atoms with Crippen LogP contribution in [-0.2, 0) is 19.0 Å². The molecule has 0 aliphatic carbocycles. The SMILES string of the molecule is CCCCCCCCCCCCCCCCOC(COCCCCCCCCCCCCCCC)COC(=O)NCCCCCC(=O)NC(CO)C(C)c1ccccc1. The lowest BCUT2D eigenvalue weighted by Crippen LogP contribution is -2.41. The monoisotopic (exact) mass is 831 g/mol. The Hall–Kier alpha value is -2.16. The Morgan fingerprint density at radius 3 is 1.53 bits per heavy atom. The third-order valence-electron chi connectivity index (χ3n) is 11.8. The van der Waals surface area contributed by atoms with E-state index in [1.54, 1.807) is 0 Å². The van der Waals surface area contributed by atoms with Crippen LogP contribution in [0.4, 0.5) is 4.79 Å². The van der Waals surface area contributed by atoms with Crippen LogP contribution in [0.3, 0.4) is 0 Å². The maximum Gasteiger partial charge on any atom is 0.407 e. The second-order valence-electron chi connectivity index (χ2n) is 17.3. The fourth-order valence-corrected chi connectivity index (χ4v) is 7.72. The van der Waals surface area contributed by atoms with Gasteiger partial charge in [0.2, 0.25) is 5.91 Å². The number of hydrogen-bond donors (Lipinski definition) is 3. The summed E-state index contributed by atoms with van der Waals surface area (Å²) in [5, 5.41) is 15.7. The van der Waals surface area contributed by atoms with Gasteiger partial charge >= 0.3 is 6.09 Å². The second-order valence-corrected chi connectivity index (χ2v) is 17.3. The molecule has 59 heavy (non-hydrogen) atoms. The van der Waals surface area contributed by atoms with E-state index in [2.05, 4.69) is 24.5 Å². The van der Waals surface area contributed by atoms with Gasteiger partial charge in [0.25, 0.3) is 0 Å². The predicted octanol–water partition coefficient (Wildman–Crippen LogP) is 13.5. The zero-order chi connectivity index (χ0) is 42.7. The number of unbranched alkanes of at least 4 members (excludes halogenated alkanes) is 27. The van der Waals surface area contributed by atoms with Gasteiger partial charge in [0.15, 0.2) is 0 Å². The minimum atomic E-state index is -0.440. The first kappa shape index (κ1) is 54.9. The summed E-state index contributed by atoms with van der Waals surface area (Å²) in [6, 6.07) is 9.61. The molecule has 1 aromatic carbocycles. The first-order valence-corrected chi connectivity index (χ1v) is 25.1. The summed E-state index contributed by atoms with van der Waals surface area (Å²) in [5.41, 5.74) is 1.09. The summed E-state index contributed by atoms with van der Waals surface area (Å²) in [7, 11) is 0. The number of amides is 2. The molecule has 2 amide bonds. The molecule has 1 rings (SSSR count). The number of benzene rings is 1. The number of hydrogen-bond acceptors (Lipinski definition) is 6. The molecule has 8 heteroatoms. The smallest absolute Gasteiger partial charge is 0.407 e. The molecule has 8 nitrogen and oxygen atoms in total. The van der Waals surface area contributed by atoms with Crippen LogP contribution in [0.2, 0.25) is 0 Å². The molecule has 3 unspecified atom stereocenters. The van der Waals surface area contributed by atoms with Crippen molar-refractivity contribution in [2.24, 2.45) is 0 Å². The van der Waals surface area contributed by atoms with Crippen LogP contribution in [0.1, 0.15) is 231 Å². The van der Waals surface area contributed by atoms with Gasteiger partial charge in [-0.2, -0.15) is 0 Å². The zero-order valence-electron chi connectivity index (χ0n) is 38.8. The molecule has 0 fully saturated rings. The van der Waals surface area contributed by atoms with Crippen LogP contribution < -0.4 is 10.6 Å². The van der Waals surface area contributed by atoms with E-state index in [0.717, 1.165) is 31.2 Å². The van der Waals surface area contributed by atoms with E-state index < -0.39 is 6.09 Å². The largest absolute Gasteiger partial charge is 0.447 e. The number of rotatable bonds is 44. The highest BCUT2D eigenvalue weighted by atomic mass is 16.6. The van der Waals surface area contributed by atoms with Gasteiger partial charge in [-0.1, -0.05) is 218 Å². The van der Waals surface area contributed by atoms with E-state index in [1.807, 2.05) is 37.3 Å². The van der Waals surface area contributed by atoms with Crippen LogP contribution in [-0.4, -0.2) is 68.8 Å². The fraction of sp³-hybridized carbons (Fsp3) is 0.843. The quantitative estimate of drug-likeness (QED) is 0.0566. The maximum atomic E-state index is 12.6. The standard InChI is InChI=1S/C51H94N2O6/c1-4-6-8-10-12-14-16-18-20-22-24-26-28-36-42-58-48(44-57-41-35-27-25-23-21-19-17-15-13-11-9-7-5-2)45-59-51(56)52-40-34-30-33-39-50(55)53-49(43-54)46(3)47-37-31-29-32-38-47/h29,31-32,37-38,46,48-49,54H,4-28,30,33-36,39-45H2,1-3H3,(H,52,56)(H,53,55). The van der Waals surface area contributed by atoms with E-state index in [9.17, 15) is 14.7 Å². The minimum Gasteiger partial charge on any atom is -0.447 e. The van der Waals surface area contributed by atoms with Crippen molar-refractivity contribution in [1.29, 1.82) is 0 Å². The van der Waals surface area contributed by atoms with E-state index in [4.69, 9.17) is 14.2 Å². The summed E-state index contributed by atoms with van der Waals surface area (Å²) >= 11 is 0. The predicted molar refractivity (Wildman–Crippen MR) is 248 cm³/mol. The molecule has 0 aliphatic rings. The Bertz CT molecular complexity index is 1010. The first-order valence-electron chi connectivity index (χ1n) is 25.1. The van der Waals surface area contributed by atoms with Crippen molar-refractivity contribution in [3.8, 4) is 0 Å². The van der Waals surface area contributed by atoms with E-state index >= 15 is 0 Å². The van der Waals surface area contributed by atoms with Crippen LogP contribution in [0.15, 0.2) is 30.3 Å². The number of alkyl carbamates (subject to hydrolysis) is 1. The highest BCUT2D eigenvalue weighted by Crippen LogP contribution is 2.19. The summed E-state index contributed by atoms with van der Waals surface area (Å²) in [6.07, 6.45) is 37.8. The van der Waals surface area contributed by atoms with Gasteiger partial charge in [0.1, 0.15) is 12.7 Å². The van der Waals surface area contributed by atoms with Gasteiger partial charge < -0.3 is 30.0 Å². The highest BCUT2D eigenvalue weighted by Gasteiger charge is 2.20. The Morgan fingerprint density at radius 2 is 1.03 bits per heavy atom. The number of ether oxygens (including phenoxy) is 3. The lowest BCUT2D eigenvalue weighted by atomic mass is 9.93. The third-order valence-corrected chi connectivity index (χ3v) is 11.8. The number of nitrogens with one attached hydrogen (secondary N) is 2. The molecule has 344 valence electrons. The number of carbonyl (C=O) groups excluding carboxylic acids is 2. The summed E-state index contributed by atoms with van der Waals surface area (Å²) in [5.74, 6) is -0.0410. The average Bonchev–Trinajstić information content (AvgIpc) is 3.25. The Labute approximate surface area is 363 Å². The lowest BCUT2D eigenvalue weighted by Gasteiger charge is -2.23. The molecule has 3 atom stereocenters. The molecule has 0 saturated carbocycles. The fourth-order valence-electron chi connectivity index (χ4n) is 7.72. The molecule has 0 saturated heterocycles. The minimum absolute atomic E-state index is 0.0186. The van der Waals surface area contributed by atoms with Crippen LogP contribution in [0.25, 0.3) is 0 Å². The molecule has 0 spiro atoms. The highest BCUT2D eigenvalue weighted by molar-refractivity contribution is 5.76. The summed E-state index contributed by atoms with van der Waals surface area (Å²) in [4.78, 5) is 25.1. The molecular weight excluding hydrogens is 737 g/mol. The number of carbonyl (C=O) groups is 2. The summed E-state index contributed by atoms with van der Waals surface area (Å²) in [6.45, 7) is 8.95. The van der Waals surface area contributed by atoms with Gasteiger partial charge in [-0.15, -0.1) is 0 Å². The van der Waals surface area contributed by atoms with Crippen molar-refractivity contribution in [2.45, 2.75) is 238 Å². The molecule has 0 radical (unpaired) electrons.